The maximum Gasteiger partial charge on any atom is 0.385 e. The van der Waals surface area contributed by atoms with Gasteiger partial charge in [0.2, 0.25) is 0 Å². The molecule has 0 N–H and O–H groups in total. The standard InChI is InChI=1S/C11H15F5O2/c1-2-3-4-5-6-7-10(14,8(12)13)11(15,16)9(17)18-7/h7-8H,2-6H2,1H3/t7-,10-/m0/s1. The molecule has 2 nitrogen and oxygen atoms in total. The minimum atomic E-state index is -4.78. The van der Waals surface area contributed by atoms with E-state index in [9.17, 15) is 26.7 Å². The summed E-state index contributed by atoms with van der Waals surface area (Å²) >= 11 is 0. The zero-order chi connectivity index (χ0) is 14.0. The average Bonchev–Trinajstić information content (AvgIpc) is 2.47. The molecular formula is C11H15F5O2. The van der Waals surface area contributed by atoms with E-state index in [0.717, 1.165) is 12.8 Å². The number of rotatable bonds is 6. The molecule has 1 fully saturated rings. The van der Waals surface area contributed by atoms with Gasteiger partial charge in [0.15, 0.2) is 0 Å². The van der Waals surface area contributed by atoms with E-state index >= 15 is 0 Å². The van der Waals surface area contributed by atoms with Crippen molar-refractivity contribution in [1.29, 1.82) is 0 Å². The molecule has 0 aliphatic carbocycles. The van der Waals surface area contributed by atoms with Crippen molar-refractivity contribution in [2.24, 2.45) is 0 Å². The molecule has 0 aromatic rings. The molecule has 0 unspecified atom stereocenters. The van der Waals surface area contributed by atoms with Crippen LogP contribution in [0.5, 0.6) is 0 Å². The first-order valence-corrected chi connectivity index (χ1v) is 5.84. The van der Waals surface area contributed by atoms with Crippen molar-refractivity contribution < 1.29 is 31.5 Å². The van der Waals surface area contributed by atoms with Crippen molar-refractivity contribution in [1.82, 2.24) is 0 Å². The highest BCUT2D eigenvalue weighted by atomic mass is 19.3. The molecule has 1 aliphatic heterocycles. The van der Waals surface area contributed by atoms with Crippen LogP contribution in [0, 0.1) is 0 Å². The molecule has 1 aliphatic rings. The summed E-state index contributed by atoms with van der Waals surface area (Å²) in [5.74, 6) is -6.98. The van der Waals surface area contributed by atoms with Crippen LogP contribution in [0.1, 0.15) is 39.0 Å². The van der Waals surface area contributed by atoms with Crippen LogP contribution in [0.25, 0.3) is 0 Å². The highest BCUT2D eigenvalue weighted by molar-refractivity contribution is 5.82. The van der Waals surface area contributed by atoms with Gasteiger partial charge in [-0.1, -0.05) is 26.2 Å². The number of unbranched alkanes of at least 4 members (excludes halogenated alkanes) is 3. The number of hydrogen-bond donors (Lipinski definition) is 0. The third-order valence-electron chi connectivity index (χ3n) is 3.09. The fourth-order valence-corrected chi connectivity index (χ4v) is 1.95. The predicted octanol–water partition coefficient (Wildman–Crippen LogP) is 3.49. The zero-order valence-electron chi connectivity index (χ0n) is 9.90. The van der Waals surface area contributed by atoms with Gasteiger partial charge < -0.3 is 4.74 Å². The monoisotopic (exact) mass is 274 g/mol. The number of halogens is 5. The van der Waals surface area contributed by atoms with Crippen LogP contribution in [0.2, 0.25) is 0 Å². The molecule has 18 heavy (non-hydrogen) atoms. The van der Waals surface area contributed by atoms with Crippen LogP contribution in [0.4, 0.5) is 22.0 Å². The van der Waals surface area contributed by atoms with Crippen LogP contribution in [0.3, 0.4) is 0 Å². The van der Waals surface area contributed by atoms with Crippen LogP contribution in [-0.4, -0.2) is 30.1 Å². The summed E-state index contributed by atoms with van der Waals surface area (Å²) in [7, 11) is 0. The van der Waals surface area contributed by atoms with Gasteiger partial charge in [0.05, 0.1) is 0 Å². The maximum absolute atomic E-state index is 13.8. The molecule has 0 spiro atoms. The average molecular weight is 274 g/mol. The number of alkyl halides is 5. The Labute approximate surface area is 101 Å². The van der Waals surface area contributed by atoms with Crippen molar-refractivity contribution in [3.63, 3.8) is 0 Å². The molecule has 7 heteroatoms. The Hall–Kier alpha value is -0.880. The SMILES string of the molecule is CCCCCC[C@@H]1OC(=O)C(F)(F)[C@@]1(F)C(F)F. The van der Waals surface area contributed by atoms with E-state index in [-0.39, 0.29) is 12.8 Å². The van der Waals surface area contributed by atoms with Crippen LogP contribution < -0.4 is 0 Å². The molecule has 0 amide bonds. The Balaban J connectivity index is 2.75. The minimum Gasteiger partial charge on any atom is -0.454 e. The first kappa shape index (κ1) is 15.2. The minimum absolute atomic E-state index is 0.264. The molecule has 1 saturated heterocycles. The largest absolute Gasteiger partial charge is 0.454 e. The summed E-state index contributed by atoms with van der Waals surface area (Å²) in [4.78, 5) is 10.8. The molecule has 106 valence electrons. The van der Waals surface area contributed by atoms with Crippen molar-refractivity contribution in [2.75, 3.05) is 0 Å². The van der Waals surface area contributed by atoms with E-state index in [1.165, 1.54) is 0 Å². The number of esters is 1. The Morgan fingerprint density at radius 2 is 1.83 bits per heavy atom. The number of carbonyl (C=O) groups excluding carboxylic acids is 1. The second-order valence-electron chi connectivity index (χ2n) is 4.39. The summed E-state index contributed by atoms with van der Waals surface area (Å²) < 4.78 is 69.2. The number of ether oxygens (including phenoxy) is 1. The highest BCUT2D eigenvalue weighted by Gasteiger charge is 2.76. The number of hydrogen-bond acceptors (Lipinski definition) is 2. The maximum atomic E-state index is 13.8. The highest BCUT2D eigenvalue weighted by Crippen LogP contribution is 2.48. The van der Waals surface area contributed by atoms with Crippen molar-refractivity contribution in [2.45, 2.75) is 63.1 Å². The lowest BCUT2D eigenvalue weighted by atomic mass is 9.91. The quantitative estimate of drug-likeness (QED) is 0.421. The smallest absolute Gasteiger partial charge is 0.385 e. The lowest BCUT2D eigenvalue weighted by Gasteiger charge is -2.26. The van der Waals surface area contributed by atoms with Gasteiger partial charge in [0.1, 0.15) is 6.10 Å². The van der Waals surface area contributed by atoms with Gasteiger partial charge in [-0.3, -0.25) is 0 Å². The lowest BCUT2D eigenvalue weighted by Crippen LogP contribution is -2.54. The van der Waals surface area contributed by atoms with E-state index in [0.29, 0.717) is 6.42 Å². The van der Waals surface area contributed by atoms with Crippen molar-refractivity contribution >= 4 is 5.97 Å². The summed E-state index contributed by atoms with van der Waals surface area (Å²) in [5, 5.41) is 0. The van der Waals surface area contributed by atoms with E-state index in [2.05, 4.69) is 4.74 Å². The fraction of sp³-hybridized carbons (Fsp3) is 0.909. The van der Waals surface area contributed by atoms with Gasteiger partial charge >= 0.3 is 11.9 Å². The summed E-state index contributed by atoms with van der Waals surface area (Å²) in [5.41, 5.74) is -4.21. The van der Waals surface area contributed by atoms with Gasteiger partial charge in [0, 0.05) is 0 Å². The van der Waals surface area contributed by atoms with Gasteiger partial charge in [0.25, 0.3) is 12.1 Å². The number of cyclic esters (lactones) is 1. The van der Waals surface area contributed by atoms with Gasteiger partial charge in [-0.25, -0.2) is 18.0 Å². The van der Waals surface area contributed by atoms with Crippen LogP contribution in [0.15, 0.2) is 0 Å². The molecular weight excluding hydrogens is 259 g/mol. The van der Waals surface area contributed by atoms with Crippen LogP contribution in [-0.2, 0) is 9.53 Å². The van der Waals surface area contributed by atoms with E-state index in [4.69, 9.17) is 0 Å². The summed E-state index contributed by atoms with van der Waals surface area (Å²) in [6, 6.07) is 0. The first-order valence-electron chi connectivity index (χ1n) is 5.84. The Morgan fingerprint density at radius 3 is 2.33 bits per heavy atom. The Bertz CT molecular complexity index is 308. The molecule has 1 rings (SSSR count). The molecule has 0 radical (unpaired) electrons. The third-order valence-corrected chi connectivity index (χ3v) is 3.09. The van der Waals surface area contributed by atoms with E-state index < -0.39 is 30.1 Å². The topological polar surface area (TPSA) is 26.3 Å². The Kier molecular flexibility index (Phi) is 4.55. The van der Waals surface area contributed by atoms with Gasteiger partial charge in [-0.2, -0.15) is 8.78 Å². The second kappa shape index (κ2) is 5.40. The molecule has 0 saturated carbocycles. The molecule has 0 bridgehead atoms. The summed E-state index contributed by atoms with van der Waals surface area (Å²) in [6.45, 7) is 1.91. The predicted molar refractivity (Wildman–Crippen MR) is 53.4 cm³/mol. The molecule has 0 aromatic carbocycles. The number of carbonyl (C=O) groups is 1. The molecule has 0 aromatic heterocycles. The first-order chi connectivity index (χ1) is 8.28. The van der Waals surface area contributed by atoms with Crippen molar-refractivity contribution in [3.8, 4) is 0 Å². The van der Waals surface area contributed by atoms with E-state index in [1.54, 1.807) is 0 Å². The molecule has 1 heterocycles. The normalized spacial score (nSPS) is 30.8. The zero-order valence-corrected chi connectivity index (χ0v) is 9.90. The van der Waals surface area contributed by atoms with E-state index in [1.807, 2.05) is 6.92 Å². The Morgan fingerprint density at radius 1 is 1.22 bits per heavy atom. The molecule has 2 atom stereocenters. The second-order valence-corrected chi connectivity index (χ2v) is 4.39. The van der Waals surface area contributed by atoms with Gasteiger partial charge in [-0.05, 0) is 12.8 Å². The fourth-order valence-electron chi connectivity index (χ4n) is 1.95. The van der Waals surface area contributed by atoms with Crippen LogP contribution >= 0.6 is 0 Å². The lowest BCUT2D eigenvalue weighted by molar-refractivity contribution is -0.188. The van der Waals surface area contributed by atoms with Gasteiger partial charge in [-0.15, -0.1) is 0 Å². The van der Waals surface area contributed by atoms with Crippen molar-refractivity contribution in [3.05, 3.63) is 0 Å². The summed E-state index contributed by atoms with van der Waals surface area (Å²) in [6.07, 6.45) is -3.86. The third kappa shape index (κ3) is 2.31.